The first-order valence-corrected chi connectivity index (χ1v) is 11.1. The Morgan fingerprint density at radius 3 is 2.42 bits per heavy atom. The molecule has 0 bridgehead atoms. The number of para-hydroxylation sites is 1. The predicted molar refractivity (Wildman–Crippen MR) is 126 cm³/mol. The molecule has 0 aliphatic carbocycles. The van der Waals surface area contributed by atoms with Crippen LogP contribution in [0.3, 0.4) is 0 Å². The van der Waals surface area contributed by atoms with Crippen LogP contribution in [-0.2, 0) is 6.61 Å². The van der Waals surface area contributed by atoms with Crippen LogP contribution in [0.2, 0.25) is 0 Å². The number of benzene rings is 3. The number of carbonyl (C=O) groups excluding carboxylic acids is 1. The van der Waals surface area contributed by atoms with Gasteiger partial charge in [-0.1, -0.05) is 81.1 Å². The lowest BCUT2D eigenvalue weighted by molar-refractivity contribution is 0.102. The van der Waals surface area contributed by atoms with Crippen LogP contribution in [0.4, 0.5) is 5.69 Å². The van der Waals surface area contributed by atoms with Crippen LogP contribution in [0.25, 0.3) is 0 Å². The zero-order valence-corrected chi connectivity index (χ0v) is 18.2. The summed E-state index contributed by atoms with van der Waals surface area (Å²) in [6.45, 7) is 3.31. The van der Waals surface area contributed by atoms with Gasteiger partial charge in [-0.05, 0) is 36.2 Å². The van der Waals surface area contributed by atoms with Crippen molar-refractivity contribution in [2.24, 2.45) is 0 Å². The van der Waals surface area contributed by atoms with Crippen molar-refractivity contribution < 1.29 is 14.3 Å². The normalized spacial score (nSPS) is 10.5. The second-order valence-electron chi connectivity index (χ2n) is 7.52. The van der Waals surface area contributed by atoms with Crippen LogP contribution < -0.4 is 14.8 Å². The predicted octanol–water partition coefficient (Wildman–Crippen LogP) is 6.87. The summed E-state index contributed by atoms with van der Waals surface area (Å²) >= 11 is 0. The van der Waals surface area contributed by atoms with E-state index in [1.54, 1.807) is 6.07 Å². The van der Waals surface area contributed by atoms with Crippen molar-refractivity contribution in [3.05, 3.63) is 90.0 Å². The van der Waals surface area contributed by atoms with E-state index >= 15 is 0 Å². The molecular formula is C27H31NO3. The lowest BCUT2D eigenvalue weighted by atomic mass is 10.1. The number of unbranched alkanes of at least 4 members (excludes halogenated alkanes) is 4. The Labute approximate surface area is 185 Å². The maximum absolute atomic E-state index is 12.9. The Kier molecular flexibility index (Phi) is 8.99. The Morgan fingerprint density at radius 1 is 0.806 bits per heavy atom. The zero-order chi connectivity index (χ0) is 21.7. The Balaban J connectivity index is 1.56. The molecule has 3 aromatic rings. The summed E-state index contributed by atoms with van der Waals surface area (Å²) in [7, 11) is 0. The minimum absolute atomic E-state index is 0.208. The molecule has 0 unspecified atom stereocenters. The largest absolute Gasteiger partial charge is 0.494 e. The van der Waals surface area contributed by atoms with Crippen molar-refractivity contribution in [2.45, 2.75) is 45.6 Å². The molecule has 0 aromatic heterocycles. The molecule has 0 saturated carbocycles. The second-order valence-corrected chi connectivity index (χ2v) is 7.52. The second kappa shape index (κ2) is 12.4. The molecule has 0 saturated heterocycles. The molecule has 0 spiro atoms. The van der Waals surface area contributed by atoms with Crippen molar-refractivity contribution >= 4 is 11.6 Å². The van der Waals surface area contributed by atoms with Gasteiger partial charge in [0.1, 0.15) is 18.1 Å². The third-order valence-corrected chi connectivity index (χ3v) is 4.98. The first kappa shape index (κ1) is 22.4. The highest BCUT2D eigenvalue weighted by atomic mass is 16.5. The van der Waals surface area contributed by atoms with E-state index in [1.807, 2.05) is 72.8 Å². The van der Waals surface area contributed by atoms with E-state index in [0.717, 1.165) is 17.7 Å². The first-order chi connectivity index (χ1) is 15.3. The lowest BCUT2D eigenvalue weighted by Gasteiger charge is -2.13. The maximum atomic E-state index is 12.9. The molecule has 1 amide bonds. The number of hydrogen-bond donors (Lipinski definition) is 1. The molecule has 1 N–H and O–H groups in total. The van der Waals surface area contributed by atoms with Gasteiger partial charge in [-0.2, -0.15) is 0 Å². The third kappa shape index (κ3) is 7.49. The fourth-order valence-electron chi connectivity index (χ4n) is 3.27. The van der Waals surface area contributed by atoms with Gasteiger partial charge in [0.2, 0.25) is 0 Å². The molecule has 4 nitrogen and oxygen atoms in total. The molecular weight excluding hydrogens is 386 g/mol. The molecule has 4 heteroatoms. The number of rotatable bonds is 12. The van der Waals surface area contributed by atoms with Gasteiger partial charge in [0, 0.05) is 11.8 Å². The van der Waals surface area contributed by atoms with Crippen LogP contribution in [-0.4, -0.2) is 12.5 Å². The van der Waals surface area contributed by atoms with E-state index < -0.39 is 0 Å². The van der Waals surface area contributed by atoms with Gasteiger partial charge in [-0.15, -0.1) is 0 Å². The van der Waals surface area contributed by atoms with Crippen molar-refractivity contribution in [1.82, 2.24) is 0 Å². The summed E-state index contributed by atoms with van der Waals surface area (Å²) in [5.74, 6) is 1.12. The van der Waals surface area contributed by atoms with Gasteiger partial charge in [0.05, 0.1) is 12.2 Å². The lowest BCUT2D eigenvalue weighted by Crippen LogP contribution is -2.13. The van der Waals surface area contributed by atoms with E-state index in [1.165, 1.54) is 25.7 Å². The van der Waals surface area contributed by atoms with Crippen molar-refractivity contribution in [2.75, 3.05) is 11.9 Å². The quantitative estimate of drug-likeness (QED) is 0.327. The summed E-state index contributed by atoms with van der Waals surface area (Å²) < 4.78 is 11.8. The van der Waals surface area contributed by atoms with Gasteiger partial charge in [0.15, 0.2) is 0 Å². The molecule has 0 atom stereocenters. The minimum atomic E-state index is -0.208. The van der Waals surface area contributed by atoms with Crippen molar-refractivity contribution in [3.8, 4) is 11.5 Å². The van der Waals surface area contributed by atoms with E-state index in [9.17, 15) is 4.79 Å². The third-order valence-electron chi connectivity index (χ3n) is 4.98. The average molecular weight is 418 g/mol. The number of ether oxygens (including phenoxy) is 2. The molecule has 0 fully saturated rings. The molecule has 162 valence electrons. The zero-order valence-electron chi connectivity index (χ0n) is 18.2. The number of anilines is 1. The fourth-order valence-corrected chi connectivity index (χ4v) is 3.27. The van der Waals surface area contributed by atoms with Crippen LogP contribution in [0.1, 0.15) is 54.9 Å². The van der Waals surface area contributed by atoms with E-state index in [-0.39, 0.29) is 5.91 Å². The molecule has 0 aliphatic rings. The Hall–Kier alpha value is -3.27. The van der Waals surface area contributed by atoms with Crippen molar-refractivity contribution in [1.29, 1.82) is 0 Å². The molecule has 31 heavy (non-hydrogen) atoms. The number of amides is 1. The van der Waals surface area contributed by atoms with Crippen molar-refractivity contribution in [3.63, 3.8) is 0 Å². The highest BCUT2D eigenvalue weighted by Gasteiger charge is 2.13. The highest BCUT2D eigenvalue weighted by molar-refractivity contribution is 6.06. The van der Waals surface area contributed by atoms with Gasteiger partial charge in [-0.25, -0.2) is 0 Å². The Morgan fingerprint density at radius 2 is 1.58 bits per heavy atom. The summed E-state index contributed by atoms with van der Waals surface area (Å²) in [6, 6.07) is 24.7. The summed E-state index contributed by atoms with van der Waals surface area (Å²) in [5.41, 5.74) is 2.25. The van der Waals surface area contributed by atoms with Crippen LogP contribution in [0, 0.1) is 0 Å². The smallest absolute Gasteiger partial charge is 0.259 e. The molecule has 0 radical (unpaired) electrons. The van der Waals surface area contributed by atoms with Crippen LogP contribution in [0.15, 0.2) is 78.9 Å². The molecule has 3 rings (SSSR count). The monoisotopic (exact) mass is 417 g/mol. The van der Waals surface area contributed by atoms with Crippen LogP contribution >= 0.6 is 0 Å². The van der Waals surface area contributed by atoms with Crippen LogP contribution in [0.5, 0.6) is 11.5 Å². The highest BCUT2D eigenvalue weighted by Crippen LogP contribution is 2.23. The standard InChI is InChI=1S/C27H31NO3/c1-2-3-4-5-11-19-30-24-16-12-15-23(20-24)28-27(29)25-17-9-10-18-26(25)31-21-22-13-7-6-8-14-22/h6-10,12-18,20H,2-5,11,19,21H2,1H3,(H,28,29). The summed E-state index contributed by atoms with van der Waals surface area (Å²) in [5, 5.41) is 2.96. The Bertz CT molecular complexity index is 940. The average Bonchev–Trinajstić information content (AvgIpc) is 2.81. The maximum Gasteiger partial charge on any atom is 0.259 e. The van der Waals surface area contributed by atoms with E-state index in [0.29, 0.717) is 30.2 Å². The first-order valence-electron chi connectivity index (χ1n) is 11.1. The number of carbonyl (C=O) groups is 1. The number of nitrogens with one attached hydrogen (secondary N) is 1. The minimum Gasteiger partial charge on any atom is -0.494 e. The van der Waals surface area contributed by atoms with Gasteiger partial charge in [0.25, 0.3) is 5.91 Å². The van der Waals surface area contributed by atoms with Gasteiger partial charge >= 0.3 is 0 Å². The molecule has 3 aromatic carbocycles. The topological polar surface area (TPSA) is 47.6 Å². The summed E-state index contributed by atoms with van der Waals surface area (Å²) in [6.07, 6.45) is 6.00. The molecule has 0 heterocycles. The molecule has 0 aliphatic heterocycles. The van der Waals surface area contributed by atoms with Gasteiger partial charge in [-0.3, -0.25) is 4.79 Å². The number of hydrogen-bond acceptors (Lipinski definition) is 3. The van der Waals surface area contributed by atoms with Gasteiger partial charge < -0.3 is 14.8 Å². The summed E-state index contributed by atoms with van der Waals surface area (Å²) in [4.78, 5) is 12.9. The van der Waals surface area contributed by atoms with E-state index in [4.69, 9.17) is 9.47 Å². The fraction of sp³-hybridized carbons (Fsp3) is 0.296. The van der Waals surface area contributed by atoms with E-state index in [2.05, 4.69) is 12.2 Å². The SMILES string of the molecule is CCCCCCCOc1cccc(NC(=O)c2ccccc2OCc2ccccc2)c1.